The number of anilines is 1. The summed E-state index contributed by atoms with van der Waals surface area (Å²) >= 11 is 1.13. The quantitative estimate of drug-likeness (QED) is 0.191. The standard InChI is InChI=1S/C20H24N6O7S/c21-16-13-18(24-8-23-16)26(19-15(30)14(29)12(5-27)33-19)20(25-13)34-7-10(28)6-32-11-3-1-9(2-4-11)17(22)31/h1-4,8,10,12,14-15,19,27-30H,5-7H2,(H2,22,31)(H2,21,23,24)/t10-,12+,14+,15+,19+/m0/s1. The molecule has 14 heteroatoms. The van der Waals surface area contributed by atoms with Crippen LogP contribution in [-0.4, -0.2) is 89.2 Å². The second-order valence-electron chi connectivity index (χ2n) is 7.59. The van der Waals surface area contributed by atoms with Crippen LogP contribution in [0.2, 0.25) is 0 Å². The summed E-state index contributed by atoms with van der Waals surface area (Å²) < 4.78 is 12.6. The number of carbonyl (C=O) groups is 1. The Morgan fingerprint density at radius 1 is 1.24 bits per heavy atom. The third-order valence-electron chi connectivity index (χ3n) is 5.23. The second kappa shape index (κ2) is 10.1. The van der Waals surface area contributed by atoms with E-state index < -0.39 is 43.2 Å². The maximum atomic E-state index is 11.1. The van der Waals surface area contributed by atoms with Gasteiger partial charge in [-0.2, -0.15) is 0 Å². The number of hydrogen-bond acceptors (Lipinski definition) is 12. The fraction of sp³-hybridized carbons (Fsp3) is 0.400. The van der Waals surface area contributed by atoms with Crippen LogP contribution in [0.3, 0.4) is 0 Å². The van der Waals surface area contributed by atoms with Crippen molar-refractivity contribution in [2.24, 2.45) is 5.73 Å². The average molecular weight is 493 g/mol. The normalized spacial score (nSPS) is 23.3. The monoisotopic (exact) mass is 492 g/mol. The van der Waals surface area contributed by atoms with Crippen molar-refractivity contribution in [2.75, 3.05) is 24.7 Å². The van der Waals surface area contributed by atoms with Crippen molar-refractivity contribution in [3.8, 4) is 5.75 Å². The van der Waals surface area contributed by atoms with Gasteiger partial charge in [-0.25, -0.2) is 15.0 Å². The summed E-state index contributed by atoms with van der Waals surface area (Å²) in [6.07, 6.45) is -4.44. The van der Waals surface area contributed by atoms with E-state index in [0.717, 1.165) is 11.8 Å². The Bertz CT molecular complexity index is 1160. The lowest BCUT2D eigenvalue weighted by Gasteiger charge is -2.19. The molecule has 0 unspecified atom stereocenters. The minimum Gasteiger partial charge on any atom is -0.491 e. The number of thioether (sulfide) groups is 1. The molecule has 1 fully saturated rings. The third-order valence-corrected chi connectivity index (χ3v) is 6.33. The highest BCUT2D eigenvalue weighted by Gasteiger charge is 2.45. The maximum Gasteiger partial charge on any atom is 0.248 e. The number of carbonyl (C=O) groups excluding carboxylic acids is 1. The first-order valence-electron chi connectivity index (χ1n) is 10.2. The number of aliphatic hydroxyl groups is 4. The molecular weight excluding hydrogens is 468 g/mol. The molecule has 1 amide bonds. The molecule has 4 rings (SSSR count). The number of hydrogen-bond donors (Lipinski definition) is 6. The van der Waals surface area contributed by atoms with Crippen LogP contribution in [0.1, 0.15) is 16.6 Å². The molecule has 0 saturated carbocycles. The molecule has 1 aromatic carbocycles. The topological polar surface area (TPSA) is 212 Å². The molecule has 1 saturated heterocycles. The van der Waals surface area contributed by atoms with Gasteiger partial charge in [0.05, 0.1) is 12.7 Å². The van der Waals surface area contributed by atoms with Gasteiger partial charge in [0, 0.05) is 11.3 Å². The van der Waals surface area contributed by atoms with Crippen LogP contribution in [0, 0.1) is 0 Å². The maximum absolute atomic E-state index is 11.1. The second-order valence-corrected chi connectivity index (χ2v) is 8.58. The number of imidazole rings is 1. The van der Waals surface area contributed by atoms with Gasteiger partial charge in [-0.05, 0) is 24.3 Å². The van der Waals surface area contributed by atoms with Gasteiger partial charge in [0.2, 0.25) is 5.91 Å². The predicted molar refractivity (Wildman–Crippen MR) is 120 cm³/mol. The van der Waals surface area contributed by atoms with Crippen molar-refractivity contribution >= 4 is 34.7 Å². The Kier molecular flexibility index (Phi) is 7.16. The summed E-state index contributed by atoms with van der Waals surface area (Å²) in [6, 6.07) is 6.19. The Labute approximate surface area is 197 Å². The summed E-state index contributed by atoms with van der Waals surface area (Å²) in [5.41, 5.74) is 12.0. The van der Waals surface area contributed by atoms with Gasteiger partial charge in [0.25, 0.3) is 0 Å². The zero-order valence-corrected chi connectivity index (χ0v) is 18.6. The lowest BCUT2D eigenvalue weighted by molar-refractivity contribution is -0.0548. The van der Waals surface area contributed by atoms with Crippen LogP contribution in [-0.2, 0) is 4.74 Å². The van der Waals surface area contributed by atoms with E-state index in [1.54, 1.807) is 12.1 Å². The minimum absolute atomic E-state index is 0.0427. The fourth-order valence-electron chi connectivity index (χ4n) is 3.46. The van der Waals surface area contributed by atoms with Crippen LogP contribution in [0.4, 0.5) is 5.82 Å². The van der Waals surface area contributed by atoms with Crippen molar-refractivity contribution in [3.05, 3.63) is 36.2 Å². The number of fused-ring (bicyclic) bond motifs is 1. The molecule has 0 spiro atoms. The van der Waals surface area contributed by atoms with E-state index in [2.05, 4.69) is 15.0 Å². The Morgan fingerprint density at radius 3 is 2.62 bits per heavy atom. The molecular formula is C20H24N6O7S. The average Bonchev–Trinajstić information content (AvgIpc) is 3.34. The molecule has 3 heterocycles. The summed E-state index contributed by atoms with van der Waals surface area (Å²) in [7, 11) is 0. The molecule has 182 valence electrons. The van der Waals surface area contributed by atoms with E-state index in [1.807, 2.05) is 0 Å². The summed E-state index contributed by atoms with van der Waals surface area (Å²) in [6.45, 7) is -0.531. The van der Waals surface area contributed by atoms with Crippen LogP contribution < -0.4 is 16.2 Å². The fourth-order valence-corrected chi connectivity index (χ4v) is 4.38. The summed E-state index contributed by atoms with van der Waals surface area (Å²) in [5, 5.41) is 40.8. The molecule has 0 aliphatic carbocycles. The highest BCUT2D eigenvalue weighted by molar-refractivity contribution is 7.99. The van der Waals surface area contributed by atoms with E-state index in [1.165, 1.54) is 23.0 Å². The van der Waals surface area contributed by atoms with E-state index >= 15 is 0 Å². The largest absolute Gasteiger partial charge is 0.491 e. The smallest absolute Gasteiger partial charge is 0.248 e. The number of aliphatic hydroxyl groups excluding tert-OH is 4. The summed E-state index contributed by atoms with van der Waals surface area (Å²) in [4.78, 5) is 23.7. The van der Waals surface area contributed by atoms with Gasteiger partial charge in [-0.15, -0.1) is 0 Å². The van der Waals surface area contributed by atoms with Crippen LogP contribution >= 0.6 is 11.8 Å². The van der Waals surface area contributed by atoms with Crippen LogP contribution in [0.5, 0.6) is 5.75 Å². The molecule has 13 nitrogen and oxygen atoms in total. The van der Waals surface area contributed by atoms with Crippen molar-refractivity contribution < 1.29 is 34.7 Å². The van der Waals surface area contributed by atoms with Crippen LogP contribution in [0.25, 0.3) is 11.2 Å². The van der Waals surface area contributed by atoms with Crippen LogP contribution in [0.15, 0.2) is 35.7 Å². The molecule has 0 bridgehead atoms. The molecule has 34 heavy (non-hydrogen) atoms. The van der Waals surface area contributed by atoms with Gasteiger partial charge in [0.15, 0.2) is 28.4 Å². The number of nitrogen functional groups attached to an aromatic ring is 1. The molecule has 3 aromatic rings. The van der Waals surface area contributed by atoms with E-state index in [-0.39, 0.29) is 29.3 Å². The Morgan fingerprint density at radius 2 is 1.97 bits per heavy atom. The lowest BCUT2D eigenvalue weighted by atomic mass is 10.1. The zero-order chi connectivity index (χ0) is 24.4. The first-order valence-corrected chi connectivity index (χ1v) is 11.2. The first-order chi connectivity index (χ1) is 16.3. The van der Waals surface area contributed by atoms with Gasteiger partial charge >= 0.3 is 0 Å². The van der Waals surface area contributed by atoms with Gasteiger partial charge < -0.3 is 41.4 Å². The Balaban J connectivity index is 1.49. The molecule has 1 aliphatic heterocycles. The minimum atomic E-state index is -1.36. The highest BCUT2D eigenvalue weighted by atomic mass is 32.2. The number of rotatable bonds is 9. The van der Waals surface area contributed by atoms with E-state index in [9.17, 15) is 25.2 Å². The number of ether oxygens (including phenoxy) is 2. The van der Waals surface area contributed by atoms with Gasteiger partial charge in [-0.1, -0.05) is 11.8 Å². The van der Waals surface area contributed by atoms with Crippen molar-refractivity contribution in [2.45, 2.75) is 35.8 Å². The number of benzene rings is 1. The molecule has 1 aliphatic rings. The zero-order valence-electron chi connectivity index (χ0n) is 17.8. The molecule has 2 aromatic heterocycles. The molecule has 5 atom stereocenters. The third kappa shape index (κ3) is 4.77. The lowest BCUT2D eigenvalue weighted by Crippen LogP contribution is -2.33. The van der Waals surface area contributed by atoms with Crippen molar-refractivity contribution in [1.29, 1.82) is 0 Å². The number of aromatic nitrogens is 4. The number of nitrogens with zero attached hydrogens (tertiary/aromatic N) is 4. The Hall–Kier alpha value is -3.01. The van der Waals surface area contributed by atoms with E-state index in [0.29, 0.717) is 16.5 Å². The number of nitrogens with two attached hydrogens (primary N) is 2. The SMILES string of the molecule is NC(=O)c1ccc(OC[C@H](O)CSc2nc3c(N)ncnc3n2[C@@H]2O[C@H](CO)[C@@H](O)[C@H]2O)cc1. The van der Waals surface area contributed by atoms with Crippen molar-refractivity contribution in [3.63, 3.8) is 0 Å². The van der Waals surface area contributed by atoms with E-state index in [4.69, 9.17) is 20.9 Å². The van der Waals surface area contributed by atoms with Gasteiger partial charge in [0.1, 0.15) is 37.0 Å². The van der Waals surface area contributed by atoms with Crippen molar-refractivity contribution in [1.82, 2.24) is 19.5 Å². The highest BCUT2D eigenvalue weighted by Crippen LogP contribution is 2.36. The predicted octanol–water partition coefficient (Wildman–Crippen LogP) is -1.35. The number of primary amides is 1. The molecule has 8 N–H and O–H groups in total. The number of amides is 1. The van der Waals surface area contributed by atoms with Gasteiger partial charge in [-0.3, -0.25) is 9.36 Å². The summed E-state index contributed by atoms with van der Waals surface area (Å²) in [5.74, 6) is 0.159. The first kappa shape index (κ1) is 24.1. The molecule has 0 radical (unpaired) electrons.